The van der Waals surface area contributed by atoms with Gasteiger partial charge in [0.1, 0.15) is 17.5 Å². The second-order valence-electron chi connectivity index (χ2n) is 6.66. The van der Waals surface area contributed by atoms with Gasteiger partial charge in [0.25, 0.3) is 0 Å². The third kappa shape index (κ3) is 6.51. The van der Waals surface area contributed by atoms with Gasteiger partial charge in [-0.05, 0) is 36.8 Å². The molecule has 1 aliphatic rings. The Balaban J connectivity index is 0.00000320. The van der Waals surface area contributed by atoms with Crippen molar-refractivity contribution in [1.29, 1.82) is 0 Å². The number of hydrogen-bond acceptors (Lipinski definition) is 3. The highest BCUT2D eigenvalue weighted by molar-refractivity contribution is 14.0. The van der Waals surface area contributed by atoms with Gasteiger partial charge < -0.3 is 20.9 Å². The first kappa shape index (κ1) is 23.8. The molecule has 0 bridgehead atoms. The molecule has 0 saturated carbocycles. The van der Waals surface area contributed by atoms with E-state index in [1.165, 1.54) is 30.3 Å². The molecular weight excluding hydrogens is 510 g/mol. The van der Waals surface area contributed by atoms with Crippen molar-refractivity contribution in [2.75, 3.05) is 36.9 Å². The number of guanidine groups is 1. The summed E-state index contributed by atoms with van der Waals surface area (Å²) >= 11 is 0. The molecule has 1 fully saturated rings. The summed E-state index contributed by atoms with van der Waals surface area (Å²) in [5.74, 6) is -1.56. The minimum Gasteiger partial charge on any atom is -0.367 e. The summed E-state index contributed by atoms with van der Waals surface area (Å²) in [6.07, 6.45) is 0.729. The fraction of sp³-hybridized carbons (Fsp3) is 0.300. The molecular formula is C20H23F3IN5O. The van der Waals surface area contributed by atoms with Gasteiger partial charge >= 0.3 is 0 Å². The highest BCUT2D eigenvalue weighted by atomic mass is 127. The monoisotopic (exact) mass is 533 g/mol. The summed E-state index contributed by atoms with van der Waals surface area (Å²) < 4.78 is 40.2. The van der Waals surface area contributed by atoms with Crippen LogP contribution in [0, 0.1) is 17.5 Å². The van der Waals surface area contributed by atoms with Gasteiger partial charge in [0.15, 0.2) is 5.96 Å². The summed E-state index contributed by atoms with van der Waals surface area (Å²) in [6.45, 7) is 1.06. The van der Waals surface area contributed by atoms with E-state index in [0.29, 0.717) is 30.4 Å². The molecule has 2 aromatic carbocycles. The second kappa shape index (κ2) is 11.0. The molecule has 0 aromatic heterocycles. The molecule has 3 rings (SSSR count). The van der Waals surface area contributed by atoms with Crippen LogP contribution in [-0.2, 0) is 4.79 Å². The van der Waals surface area contributed by atoms with Crippen LogP contribution in [0.1, 0.15) is 6.42 Å². The minimum absolute atomic E-state index is 0. The molecule has 3 N–H and O–H groups in total. The lowest BCUT2D eigenvalue weighted by Gasteiger charge is -2.21. The standard InChI is InChI=1S/C20H22F3N5O.HI/c1-24-20(25-11-19(29)26-15-4-2-3-13(21)9-15)27-16-7-8-28(12-16)18-6-5-14(22)10-17(18)23;/h2-6,9-10,16H,7-8,11-12H2,1H3,(H,26,29)(H2,24,25,27);1H. The molecule has 30 heavy (non-hydrogen) atoms. The molecule has 6 nitrogen and oxygen atoms in total. The molecule has 0 aliphatic carbocycles. The molecule has 0 radical (unpaired) electrons. The van der Waals surface area contributed by atoms with E-state index in [4.69, 9.17) is 0 Å². The van der Waals surface area contributed by atoms with Crippen LogP contribution in [0.5, 0.6) is 0 Å². The predicted octanol–water partition coefficient (Wildman–Crippen LogP) is 3.10. The van der Waals surface area contributed by atoms with Crippen LogP contribution in [0.2, 0.25) is 0 Å². The number of aliphatic imine (C=N–C) groups is 1. The van der Waals surface area contributed by atoms with Gasteiger partial charge in [-0.2, -0.15) is 0 Å². The van der Waals surface area contributed by atoms with Crippen LogP contribution < -0.4 is 20.9 Å². The van der Waals surface area contributed by atoms with Crippen molar-refractivity contribution in [3.63, 3.8) is 0 Å². The fourth-order valence-corrected chi connectivity index (χ4v) is 3.16. The number of nitrogens with zero attached hydrogens (tertiary/aromatic N) is 2. The predicted molar refractivity (Wildman–Crippen MR) is 122 cm³/mol. The summed E-state index contributed by atoms with van der Waals surface area (Å²) in [5.41, 5.74) is 0.723. The first-order chi connectivity index (χ1) is 13.9. The number of anilines is 2. The molecule has 1 atom stereocenters. The Labute approximate surface area is 190 Å². The Morgan fingerprint density at radius 3 is 2.63 bits per heavy atom. The van der Waals surface area contributed by atoms with E-state index in [1.807, 2.05) is 4.90 Å². The third-order valence-electron chi connectivity index (χ3n) is 4.53. The van der Waals surface area contributed by atoms with Crippen LogP contribution in [0.15, 0.2) is 47.5 Å². The lowest BCUT2D eigenvalue weighted by atomic mass is 10.2. The van der Waals surface area contributed by atoms with Crippen LogP contribution in [-0.4, -0.2) is 44.6 Å². The molecule has 1 heterocycles. The van der Waals surface area contributed by atoms with Crippen molar-refractivity contribution in [3.05, 3.63) is 59.9 Å². The lowest BCUT2D eigenvalue weighted by molar-refractivity contribution is -0.115. The number of amides is 1. The van der Waals surface area contributed by atoms with Crippen molar-refractivity contribution in [1.82, 2.24) is 10.6 Å². The first-order valence-corrected chi connectivity index (χ1v) is 9.17. The normalized spacial score (nSPS) is 16.1. The molecule has 2 aromatic rings. The number of benzene rings is 2. The van der Waals surface area contributed by atoms with Crippen molar-refractivity contribution in [2.45, 2.75) is 12.5 Å². The first-order valence-electron chi connectivity index (χ1n) is 9.17. The van der Waals surface area contributed by atoms with Crippen molar-refractivity contribution < 1.29 is 18.0 Å². The molecule has 1 unspecified atom stereocenters. The van der Waals surface area contributed by atoms with E-state index in [2.05, 4.69) is 20.9 Å². The minimum atomic E-state index is -0.610. The van der Waals surface area contributed by atoms with Crippen molar-refractivity contribution in [2.24, 2.45) is 4.99 Å². The highest BCUT2D eigenvalue weighted by Gasteiger charge is 2.25. The largest absolute Gasteiger partial charge is 0.367 e. The molecule has 1 aliphatic heterocycles. The lowest BCUT2D eigenvalue weighted by Crippen LogP contribution is -2.46. The van der Waals surface area contributed by atoms with Gasteiger partial charge in [-0.25, -0.2) is 13.2 Å². The molecule has 0 spiro atoms. The van der Waals surface area contributed by atoms with Gasteiger partial charge in [-0.1, -0.05) is 6.07 Å². The third-order valence-corrected chi connectivity index (χ3v) is 4.53. The number of carbonyl (C=O) groups excluding carboxylic acids is 1. The number of nitrogens with one attached hydrogen (secondary N) is 3. The number of hydrogen-bond donors (Lipinski definition) is 3. The van der Waals surface area contributed by atoms with Gasteiger partial charge in [0, 0.05) is 37.9 Å². The molecule has 10 heteroatoms. The fourth-order valence-electron chi connectivity index (χ4n) is 3.16. The Morgan fingerprint density at radius 2 is 1.93 bits per heavy atom. The Bertz CT molecular complexity index is 912. The SMILES string of the molecule is CN=C(NCC(=O)Nc1cccc(F)c1)NC1CCN(c2ccc(F)cc2F)C1.I. The van der Waals surface area contributed by atoms with Gasteiger partial charge in [-0.15, -0.1) is 24.0 Å². The average Bonchev–Trinajstić information content (AvgIpc) is 3.13. The zero-order valence-corrected chi connectivity index (χ0v) is 18.6. The van der Waals surface area contributed by atoms with Gasteiger partial charge in [0.05, 0.1) is 12.2 Å². The number of carbonyl (C=O) groups is 1. The Morgan fingerprint density at radius 1 is 1.17 bits per heavy atom. The summed E-state index contributed by atoms with van der Waals surface area (Å²) in [7, 11) is 1.58. The van der Waals surface area contributed by atoms with E-state index >= 15 is 0 Å². The smallest absolute Gasteiger partial charge is 0.243 e. The maximum Gasteiger partial charge on any atom is 0.243 e. The summed E-state index contributed by atoms with van der Waals surface area (Å²) in [6, 6.07) is 9.14. The van der Waals surface area contributed by atoms with Crippen molar-refractivity contribution >= 4 is 47.2 Å². The average molecular weight is 533 g/mol. The zero-order chi connectivity index (χ0) is 20.8. The zero-order valence-electron chi connectivity index (χ0n) is 16.3. The Kier molecular flexibility index (Phi) is 8.75. The molecule has 1 amide bonds. The van der Waals surface area contributed by atoms with Gasteiger partial charge in [-0.3, -0.25) is 9.79 Å². The number of halogens is 4. The highest BCUT2D eigenvalue weighted by Crippen LogP contribution is 2.24. The van der Waals surface area contributed by atoms with Crippen LogP contribution in [0.25, 0.3) is 0 Å². The quantitative estimate of drug-likeness (QED) is 0.314. The maximum atomic E-state index is 14.0. The Hall–Kier alpha value is -2.50. The van der Waals surface area contributed by atoms with E-state index in [0.717, 1.165) is 12.5 Å². The maximum absolute atomic E-state index is 14.0. The van der Waals surface area contributed by atoms with Crippen LogP contribution in [0.3, 0.4) is 0 Å². The van der Waals surface area contributed by atoms with E-state index in [1.54, 1.807) is 13.1 Å². The van der Waals surface area contributed by atoms with E-state index in [-0.39, 0.29) is 42.5 Å². The summed E-state index contributed by atoms with van der Waals surface area (Å²) in [4.78, 5) is 17.9. The summed E-state index contributed by atoms with van der Waals surface area (Å²) in [5, 5.41) is 8.67. The number of rotatable bonds is 5. The van der Waals surface area contributed by atoms with Crippen LogP contribution >= 0.6 is 24.0 Å². The van der Waals surface area contributed by atoms with E-state index < -0.39 is 17.5 Å². The van der Waals surface area contributed by atoms with Crippen LogP contribution in [0.4, 0.5) is 24.5 Å². The molecule has 1 saturated heterocycles. The van der Waals surface area contributed by atoms with Gasteiger partial charge in [0.2, 0.25) is 5.91 Å². The topological polar surface area (TPSA) is 68.8 Å². The second-order valence-corrected chi connectivity index (χ2v) is 6.66. The van der Waals surface area contributed by atoms with Crippen molar-refractivity contribution in [3.8, 4) is 0 Å². The molecule has 162 valence electrons. The van der Waals surface area contributed by atoms with E-state index in [9.17, 15) is 18.0 Å².